The normalized spacial score (nSPS) is 16.1. The summed E-state index contributed by atoms with van der Waals surface area (Å²) >= 11 is 0. The third kappa shape index (κ3) is 8.75. The van der Waals surface area contributed by atoms with Gasteiger partial charge in [0.2, 0.25) is 11.9 Å². The van der Waals surface area contributed by atoms with E-state index in [1.54, 1.807) is 13.8 Å². The van der Waals surface area contributed by atoms with Crippen LogP contribution in [0.1, 0.15) is 101 Å². The van der Waals surface area contributed by atoms with Gasteiger partial charge in [-0.25, -0.2) is 4.79 Å². The summed E-state index contributed by atoms with van der Waals surface area (Å²) in [6, 6.07) is 15.2. The number of nitrogens with zero attached hydrogens (tertiary/aromatic N) is 3. The highest BCUT2D eigenvalue weighted by atomic mass is 16.6. The number of rotatable bonds is 12. The van der Waals surface area contributed by atoms with Gasteiger partial charge >= 0.3 is 6.09 Å². The summed E-state index contributed by atoms with van der Waals surface area (Å²) in [5.41, 5.74) is 6.19. The standard InChI is InChI=1S/C35H50N6O3/c1-9-41(10-2)32(42)35(7,8)27-13-14-30-29(22-27)28(31(39-30)26-20-24(5)19-25(6)21-26)15-18-38-33(37-17-12-11-16-36)40-34(43)44-23(3)4/h13-14,19-23,28,31,39H,9-12,15,17-18H2,1-8H3,(H2,37,38,40,43). The Morgan fingerprint density at radius 1 is 1.07 bits per heavy atom. The first-order chi connectivity index (χ1) is 20.9. The van der Waals surface area contributed by atoms with Gasteiger partial charge in [-0.15, -0.1) is 4.99 Å². The van der Waals surface area contributed by atoms with E-state index in [1.165, 1.54) is 22.3 Å². The van der Waals surface area contributed by atoms with E-state index in [4.69, 9.17) is 10.00 Å². The number of carbonyl (C=O) groups is 2. The second kappa shape index (κ2) is 15.6. The van der Waals surface area contributed by atoms with Gasteiger partial charge in [0, 0.05) is 44.2 Å². The first-order valence-corrected chi connectivity index (χ1v) is 15.8. The first-order valence-electron chi connectivity index (χ1n) is 15.8. The second-order valence-electron chi connectivity index (χ2n) is 12.4. The predicted molar refractivity (Wildman–Crippen MR) is 177 cm³/mol. The van der Waals surface area contributed by atoms with Crippen LogP contribution in [0.5, 0.6) is 0 Å². The average Bonchev–Trinajstić information content (AvgIpc) is 3.32. The lowest BCUT2D eigenvalue weighted by molar-refractivity contribution is -0.135. The van der Waals surface area contributed by atoms with Crippen molar-refractivity contribution >= 4 is 23.6 Å². The molecule has 2 aromatic carbocycles. The van der Waals surface area contributed by atoms with Crippen LogP contribution in [0.4, 0.5) is 10.5 Å². The molecule has 0 aromatic heterocycles. The van der Waals surface area contributed by atoms with Crippen molar-refractivity contribution in [3.8, 4) is 6.07 Å². The van der Waals surface area contributed by atoms with Crippen LogP contribution >= 0.6 is 0 Å². The highest BCUT2D eigenvalue weighted by molar-refractivity contribution is 5.90. The van der Waals surface area contributed by atoms with Crippen molar-refractivity contribution in [3.63, 3.8) is 0 Å². The Kier molecular flexibility index (Phi) is 12.2. The van der Waals surface area contributed by atoms with Crippen molar-refractivity contribution in [2.75, 3.05) is 31.5 Å². The molecule has 2 amide bonds. The molecule has 3 rings (SSSR count). The zero-order valence-corrected chi connectivity index (χ0v) is 27.7. The van der Waals surface area contributed by atoms with E-state index in [0.29, 0.717) is 45.0 Å². The van der Waals surface area contributed by atoms with E-state index >= 15 is 0 Å². The fourth-order valence-corrected chi connectivity index (χ4v) is 5.88. The SMILES string of the molecule is CCN(CC)C(=O)C(C)(C)c1ccc2c(c1)C(CCN/C(=N\C(=O)OC(C)C)NCCCC#N)C(c1cc(C)cc(C)c1)N2. The van der Waals surface area contributed by atoms with Crippen molar-refractivity contribution in [3.05, 3.63) is 64.2 Å². The van der Waals surface area contributed by atoms with E-state index in [-0.39, 0.29) is 24.0 Å². The number of fused-ring (bicyclic) bond motifs is 1. The van der Waals surface area contributed by atoms with Gasteiger partial charge in [0.15, 0.2) is 0 Å². The number of carbonyl (C=O) groups excluding carboxylic acids is 2. The van der Waals surface area contributed by atoms with Crippen LogP contribution in [0.15, 0.2) is 41.4 Å². The minimum absolute atomic E-state index is 0.0390. The Balaban J connectivity index is 1.93. The molecular weight excluding hydrogens is 552 g/mol. The highest BCUT2D eigenvalue weighted by Gasteiger charge is 2.37. The molecule has 0 spiro atoms. The van der Waals surface area contributed by atoms with Gasteiger partial charge in [-0.1, -0.05) is 41.5 Å². The summed E-state index contributed by atoms with van der Waals surface area (Å²) in [4.78, 5) is 31.9. The topological polar surface area (TPSA) is 119 Å². The maximum Gasteiger partial charge on any atom is 0.437 e. The number of amides is 2. The van der Waals surface area contributed by atoms with Gasteiger partial charge in [0.25, 0.3) is 0 Å². The molecule has 9 heteroatoms. The number of hydrogen-bond acceptors (Lipinski definition) is 5. The van der Waals surface area contributed by atoms with Crippen molar-refractivity contribution in [2.24, 2.45) is 4.99 Å². The van der Waals surface area contributed by atoms with Crippen molar-refractivity contribution < 1.29 is 14.3 Å². The van der Waals surface area contributed by atoms with Crippen LogP contribution in [0.2, 0.25) is 0 Å². The number of hydrogen-bond donors (Lipinski definition) is 3. The molecule has 0 aliphatic carbocycles. The molecule has 44 heavy (non-hydrogen) atoms. The number of likely N-dealkylation sites (N-methyl/N-ethyl adjacent to an activating group) is 1. The molecule has 0 fully saturated rings. The fourth-order valence-electron chi connectivity index (χ4n) is 5.88. The fraction of sp³-hybridized carbons (Fsp3) is 0.543. The Bertz CT molecular complexity index is 1350. The van der Waals surface area contributed by atoms with E-state index in [9.17, 15) is 9.59 Å². The van der Waals surface area contributed by atoms with Gasteiger partial charge < -0.3 is 25.6 Å². The maximum atomic E-state index is 13.5. The number of aliphatic imine (C=N–C) groups is 1. The summed E-state index contributed by atoms with van der Waals surface area (Å²) in [6.07, 6.45) is 0.840. The highest BCUT2D eigenvalue weighted by Crippen LogP contribution is 2.47. The van der Waals surface area contributed by atoms with Crippen LogP contribution in [0.25, 0.3) is 0 Å². The largest absolute Gasteiger partial charge is 0.445 e. The van der Waals surface area contributed by atoms with Crippen LogP contribution in [0.3, 0.4) is 0 Å². The number of guanidine groups is 1. The van der Waals surface area contributed by atoms with Gasteiger partial charge in [-0.05, 0) is 91.0 Å². The lowest BCUT2D eigenvalue weighted by Gasteiger charge is -2.31. The van der Waals surface area contributed by atoms with Crippen LogP contribution in [-0.2, 0) is 14.9 Å². The molecule has 0 radical (unpaired) electrons. The molecule has 0 bridgehead atoms. The van der Waals surface area contributed by atoms with Crippen LogP contribution in [-0.4, -0.2) is 55.1 Å². The van der Waals surface area contributed by atoms with Gasteiger partial charge in [-0.2, -0.15) is 5.26 Å². The lowest BCUT2D eigenvalue weighted by atomic mass is 9.80. The second-order valence-corrected chi connectivity index (χ2v) is 12.4. The Morgan fingerprint density at radius 2 is 1.73 bits per heavy atom. The first kappa shape index (κ1) is 34.4. The third-order valence-electron chi connectivity index (χ3n) is 8.12. The molecule has 2 aromatic rings. The lowest BCUT2D eigenvalue weighted by Crippen LogP contribution is -2.43. The molecule has 238 valence electrons. The molecule has 0 saturated heterocycles. The zero-order valence-electron chi connectivity index (χ0n) is 27.7. The molecule has 3 N–H and O–H groups in total. The summed E-state index contributed by atoms with van der Waals surface area (Å²) in [5.74, 6) is 0.553. The van der Waals surface area contributed by atoms with E-state index in [2.05, 4.69) is 77.3 Å². The number of unbranched alkanes of at least 4 members (excludes halogenated alkanes) is 1. The summed E-state index contributed by atoms with van der Waals surface area (Å²) < 4.78 is 5.23. The molecule has 0 saturated carbocycles. The number of benzene rings is 2. The number of aryl methyl sites for hydroxylation is 2. The Hall–Kier alpha value is -4.06. The predicted octanol–water partition coefficient (Wildman–Crippen LogP) is 6.47. The maximum absolute atomic E-state index is 13.5. The summed E-state index contributed by atoms with van der Waals surface area (Å²) in [5, 5.41) is 19.1. The Morgan fingerprint density at radius 3 is 2.34 bits per heavy atom. The minimum Gasteiger partial charge on any atom is -0.445 e. The molecular formula is C35H50N6O3. The van der Waals surface area contributed by atoms with Crippen molar-refractivity contribution in [1.82, 2.24) is 15.5 Å². The van der Waals surface area contributed by atoms with E-state index in [0.717, 1.165) is 17.7 Å². The number of nitrogens with one attached hydrogen (secondary N) is 3. The molecule has 2 unspecified atom stereocenters. The van der Waals surface area contributed by atoms with Crippen LogP contribution < -0.4 is 16.0 Å². The smallest absolute Gasteiger partial charge is 0.437 e. The molecule has 2 atom stereocenters. The quantitative estimate of drug-likeness (QED) is 0.145. The molecule has 1 aliphatic heterocycles. The summed E-state index contributed by atoms with van der Waals surface area (Å²) in [7, 11) is 0. The third-order valence-corrected chi connectivity index (χ3v) is 8.12. The molecule has 1 heterocycles. The number of anilines is 1. The van der Waals surface area contributed by atoms with Gasteiger partial charge in [-0.3, -0.25) is 4.79 Å². The summed E-state index contributed by atoms with van der Waals surface area (Å²) in [6.45, 7) is 18.2. The Labute approximate surface area is 263 Å². The zero-order chi connectivity index (χ0) is 32.4. The van der Waals surface area contributed by atoms with Gasteiger partial charge in [0.05, 0.1) is 23.6 Å². The molecule has 1 aliphatic rings. The van der Waals surface area contributed by atoms with Gasteiger partial charge in [0.1, 0.15) is 0 Å². The van der Waals surface area contributed by atoms with E-state index < -0.39 is 11.5 Å². The minimum atomic E-state index is -0.675. The monoisotopic (exact) mass is 602 g/mol. The van der Waals surface area contributed by atoms with Crippen molar-refractivity contribution in [1.29, 1.82) is 5.26 Å². The average molecular weight is 603 g/mol. The van der Waals surface area contributed by atoms with Crippen LogP contribution in [0, 0.1) is 25.2 Å². The number of nitriles is 1. The molecule has 9 nitrogen and oxygen atoms in total. The number of ether oxygens (including phenoxy) is 1. The van der Waals surface area contributed by atoms with Crippen molar-refractivity contribution in [2.45, 2.75) is 98.1 Å². The van der Waals surface area contributed by atoms with E-state index in [1.807, 2.05) is 32.6 Å².